The van der Waals surface area contributed by atoms with Gasteiger partial charge in [0.25, 0.3) is 0 Å². The second-order valence-electron chi connectivity index (χ2n) is 8.32. The van der Waals surface area contributed by atoms with E-state index in [1.165, 1.54) is 63.0 Å². The zero-order valence-corrected chi connectivity index (χ0v) is 23.8. The summed E-state index contributed by atoms with van der Waals surface area (Å²) in [6.07, 6.45) is 1.59. The maximum atomic E-state index is 13.0. The fourth-order valence-electron chi connectivity index (χ4n) is 4.24. The summed E-state index contributed by atoms with van der Waals surface area (Å²) < 4.78 is 42.8. The van der Waals surface area contributed by atoms with Crippen LogP contribution in [-0.2, 0) is 19.1 Å². The molecular formula is C28H34N2O10. The zero-order valence-electron chi connectivity index (χ0n) is 23.8. The van der Waals surface area contributed by atoms with E-state index in [0.717, 1.165) is 0 Å². The molecule has 216 valence electrons. The third-order valence-electron chi connectivity index (χ3n) is 6.27. The Morgan fingerprint density at radius 2 is 1.07 bits per heavy atom. The van der Waals surface area contributed by atoms with Gasteiger partial charge in [-0.2, -0.15) is 0 Å². The van der Waals surface area contributed by atoms with Crippen molar-refractivity contribution >= 4 is 23.3 Å². The highest BCUT2D eigenvalue weighted by atomic mass is 16.5. The SMILES string of the molecule is COC(=O)C1=CC(Nc2cc(OC)c(OC)cc2OC)=C(C(=O)OC)CC1Nc1cc(OC)c(OC)cc1OC. The lowest BCUT2D eigenvalue weighted by atomic mass is 9.90. The Kier molecular flexibility index (Phi) is 9.96. The number of methoxy groups -OCH3 is 8. The number of allylic oxidation sites excluding steroid dienone is 1. The van der Waals surface area contributed by atoms with Crippen molar-refractivity contribution in [3.05, 3.63) is 47.2 Å². The van der Waals surface area contributed by atoms with Gasteiger partial charge in [-0.05, 0) is 6.08 Å². The van der Waals surface area contributed by atoms with Crippen LogP contribution in [0.4, 0.5) is 11.4 Å². The molecule has 0 radical (unpaired) electrons. The molecule has 0 heterocycles. The van der Waals surface area contributed by atoms with Crippen LogP contribution in [0.3, 0.4) is 0 Å². The summed E-state index contributed by atoms with van der Waals surface area (Å²) in [5, 5.41) is 6.47. The minimum atomic E-state index is -0.702. The van der Waals surface area contributed by atoms with E-state index in [9.17, 15) is 9.59 Å². The molecule has 0 amide bonds. The Labute approximate surface area is 232 Å². The van der Waals surface area contributed by atoms with Crippen LogP contribution < -0.4 is 39.1 Å². The summed E-state index contributed by atoms with van der Waals surface area (Å²) in [5.74, 6) is 1.45. The summed E-state index contributed by atoms with van der Waals surface area (Å²) in [4.78, 5) is 25.9. The molecule has 1 aliphatic carbocycles. The molecule has 0 saturated carbocycles. The molecule has 0 saturated heterocycles. The van der Waals surface area contributed by atoms with Crippen molar-refractivity contribution in [2.24, 2.45) is 0 Å². The first-order valence-electron chi connectivity index (χ1n) is 12.0. The van der Waals surface area contributed by atoms with Crippen LogP contribution in [0.15, 0.2) is 47.2 Å². The normalized spacial score (nSPS) is 14.4. The lowest BCUT2D eigenvalue weighted by Gasteiger charge is -2.29. The van der Waals surface area contributed by atoms with Gasteiger partial charge in [-0.25, -0.2) is 9.59 Å². The monoisotopic (exact) mass is 558 g/mol. The molecular weight excluding hydrogens is 524 g/mol. The van der Waals surface area contributed by atoms with Crippen LogP contribution in [0, 0.1) is 0 Å². The van der Waals surface area contributed by atoms with E-state index in [0.29, 0.717) is 51.6 Å². The average molecular weight is 559 g/mol. The topological polar surface area (TPSA) is 132 Å². The van der Waals surface area contributed by atoms with Crippen molar-refractivity contribution in [2.45, 2.75) is 12.5 Å². The first kappa shape index (κ1) is 29.8. The fraction of sp³-hybridized carbons (Fsp3) is 0.357. The number of carbonyl (C=O) groups is 2. The molecule has 40 heavy (non-hydrogen) atoms. The molecule has 3 rings (SSSR count). The predicted octanol–water partition coefficient (Wildman–Crippen LogP) is 3.56. The summed E-state index contributed by atoms with van der Waals surface area (Å²) in [6, 6.07) is 5.92. The molecule has 2 aromatic carbocycles. The fourth-order valence-corrected chi connectivity index (χ4v) is 4.24. The maximum absolute atomic E-state index is 13.0. The number of nitrogens with one attached hydrogen (secondary N) is 2. The Morgan fingerprint density at radius 3 is 1.55 bits per heavy atom. The van der Waals surface area contributed by atoms with Crippen molar-refractivity contribution in [2.75, 3.05) is 67.5 Å². The van der Waals surface area contributed by atoms with E-state index >= 15 is 0 Å². The van der Waals surface area contributed by atoms with E-state index in [1.54, 1.807) is 24.3 Å². The summed E-state index contributed by atoms with van der Waals surface area (Å²) >= 11 is 0. The number of benzene rings is 2. The highest BCUT2D eigenvalue weighted by Crippen LogP contribution is 2.41. The van der Waals surface area contributed by atoms with Gasteiger partial charge >= 0.3 is 11.9 Å². The molecule has 0 aromatic heterocycles. The van der Waals surface area contributed by atoms with Crippen molar-refractivity contribution in [3.63, 3.8) is 0 Å². The quantitative estimate of drug-likeness (QED) is 0.369. The van der Waals surface area contributed by atoms with Gasteiger partial charge in [0.05, 0.1) is 85.4 Å². The molecule has 12 nitrogen and oxygen atoms in total. The molecule has 0 bridgehead atoms. The van der Waals surface area contributed by atoms with Crippen LogP contribution in [0.25, 0.3) is 0 Å². The highest BCUT2D eigenvalue weighted by molar-refractivity contribution is 5.97. The molecule has 1 atom stereocenters. The number of hydrogen-bond acceptors (Lipinski definition) is 12. The molecule has 1 unspecified atom stereocenters. The number of ether oxygens (including phenoxy) is 8. The van der Waals surface area contributed by atoms with Crippen LogP contribution in [-0.4, -0.2) is 74.9 Å². The van der Waals surface area contributed by atoms with E-state index in [1.807, 2.05) is 0 Å². The Balaban J connectivity index is 2.12. The number of anilines is 2. The van der Waals surface area contributed by atoms with E-state index < -0.39 is 18.0 Å². The molecule has 1 aliphatic rings. The minimum absolute atomic E-state index is 0.0586. The smallest absolute Gasteiger partial charge is 0.335 e. The van der Waals surface area contributed by atoms with Gasteiger partial charge in [-0.1, -0.05) is 0 Å². The third kappa shape index (κ3) is 6.11. The second kappa shape index (κ2) is 13.4. The zero-order chi connectivity index (χ0) is 29.4. The van der Waals surface area contributed by atoms with Gasteiger partial charge in [-0.3, -0.25) is 0 Å². The molecule has 2 N–H and O–H groups in total. The van der Waals surface area contributed by atoms with Crippen molar-refractivity contribution in [1.82, 2.24) is 0 Å². The van der Waals surface area contributed by atoms with Gasteiger partial charge in [0.1, 0.15) is 11.5 Å². The standard InChI is InChI=1S/C28H34N2O10/c1-33-21-13-25(37-5)23(35-3)11-19(21)29-17-9-16(28(32)40-8)18(10-15(17)27(31)39-7)30-20-12-24(36-4)26(38-6)14-22(20)34-2/h9,11-14,18,29-30H,10H2,1-8H3. The van der Waals surface area contributed by atoms with Gasteiger partial charge < -0.3 is 48.5 Å². The first-order valence-corrected chi connectivity index (χ1v) is 12.0. The van der Waals surface area contributed by atoms with Gasteiger partial charge in [0.15, 0.2) is 23.0 Å². The Hall–Kier alpha value is -4.74. The van der Waals surface area contributed by atoms with Crippen molar-refractivity contribution < 1.29 is 47.5 Å². The van der Waals surface area contributed by atoms with E-state index in [2.05, 4.69) is 10.6 Å². The number of rotatable bonds is 12. The first-order chi connectivity index (χ1) is 19.3. The van der Waals surface area contributed by atoms with Crippen molar-refractivity contribution in [3.8, 4) is 34.5 Å². The van der Waals surface area contributed by atoms with Gasteiger partial charge in [-0.15, -0.1) is 0 Å². The predicted molar refractivity (Wildman–Crippen MR) is 147 cm³/mol. The molecule has 0 spiro atoms. The average Bonchev–Trinajstić information content (AvgIpc) is 2.99. The molecule has 12 heteroatoms. The van der Waals surface area contributed by atoms with Crippen LogP contribution in [0.2, 0.25) is 0 Å². The Morgan fingerprint density at radius 1 is 0.625 bits per heavy atom. The van der Waals surface area contributed by atoms with E-state index in [-0.39, 0.29) is 17.6 Å². The van der Waals surface area contributed by atoms with Crippen LogP contribution >= 0.6 is 0 Å². The van der Waals surface area contributed by atoms with Gasteiger partial charge in [0.2, 0.25) is 0 Å². The summed E-state index contributed by atoms with van der Waals surface area (Å²) in [5.41, 5.74) is 1.79. The largest absolute Gasteiger partial charge is 0.494 e. The summed E-state index contributed by atoms with van der Waals surface area (Å²) in [6.45, 7) is 0. The lowest BCUT2D eigenvalue weighted by molar-refractivity contribution is -0.138. The number of hydrogen-bond donors (Lipinski definition) is 2. The second-order valence-corrected chi connectivity index (χ2v) is 8.32. The number of esters is 2. The molecule has 2 aromatic rings. The molecule has 0 fully saturated rings. The van der Waals surface area contributed by atoms with Crippen molar-refractivity contribution in [1.29, 1.82) is 0 Å². The maximum Gasteiger partial charge on any atom is 0.335 e. The summed E-state index contributed by atoms with van der Waals surface area (Å²) in [7, 11) is 11.6. The lowest BCUT2D eigenvalue weighted by Crippen LogP contribution is -2.33. The third-order valence-corrected chi connectivity index (χ3v) is 6.27. The van der Waals surface area contributed by atoms with E-state index in [4.69, 9.17) is 37.9 Å². The van der Waals surface area contributed by atoms with Gasteiger partial charge in [0, 0.05) is 36.4 Å². The van der Waals surface area contributed by atoms with Crippen LogP contribution in [0.1, 0.15) is 6.42 Å². The van der Waals surface area contributed by atoms with Crippen LogP contribution in [0.5, 0.6) is 34.5 Å². The minimum Gasteiger partial charge on any atom is -0.494 e. The highest BCUT2D eigenvalue weighted by Gasteiger charge is 2.33. The molecule has 0 aliphatic heterocycles. The Bertz CT molecular complexity index is 1320. The number of carbonyl (C=O) groups excluding carboxylic acids is 2.